The SMILES string of the molecule is CCC1(CNCCCCC(N)=NO)CCC1. The average Bonchev–Trinajstić information content (AvgIpc) is 2.25. The maximum absolute atomic E-state index is 8.36. The van der Waals surface area contributed by atoms with Gasteiger partial charge in [-0.1, -0.05) is 18.5 Å². The van der Waals surface area contributed by atoms with E-state index in [2.05, 4.69) is 17.4 Å². The number of hydrogen-bond acceptors (Lipinski definition) is 3. The van der Waals surface area contributed by atoms with Crippen molar-refractivity contribution in [3.8, 4) is 0 Å². The van der Waals surface area contributed by atoms with Crippen molar-refractivity contribution in [1.82, 2.24) is 5.32 Å². The summed E-state index contributed by atoms with van der Waals surface area (Å²) in [5.41, 5.74) is 5.99. The topological polar surface area (TPSA) is 70.6 Å². The van der Waals surface area contributed by atoms with Gasteiger partial charge in [0.15, 0.2) is 0 Å². The molecule has 1 saturated carbocycles. The number of unbranched alkanes of at least 4 members (excludes halogenated alkanes) is 1. The fourth-order valence-electron chi connectivity index (χ4n) is 2.29. The third-order valence-corrected chi connectivity index (χ3v) is 3.83. The van der Waals surface area contributed by atoms with Gasteiger partial charge in [0.2, 0.25) is 0 Å². The highest BCUT2D eigenvalue weighted by molar-refractivity contribution is 5.79. The van der Waals surface area contributed by atoms with Crippen LogP contribution in [0.4, 0.5) is 0 Å². The Hall–Kier alpha value is -0.770. The summed E-state index contributed by atoms with van der Waals surface area (Å²) in [4.78, 5) is 0. The normalized spacial score (nSPS) is 19.4. The van der Waals surface area contributed by atoms with Crippen LogP contribution in [0, 0.1) is 5.41 Å². The van der Waals surface area contributed by atoms with Crippen LogP contribution in [0.2, 0.25) is 0 Å². The first-order valence-electron chi connectivity index (χ1n) is 6.39. The molecule has 0 aromatic rings. The van der Waals surface area contributed by atoms with Gasteiger partial charge in [-0.3, -0.25) is 0 Å². The van der Waals surface area contributed by atoms with E-state index in [9.17, 15) is 0 Å². The molecule has 0 bridgehead atoms. The van der Waals surface area contributed by atoms with Gasteiger partial charge in [0.1, 0.15) is 5.84 Å². The number of nitrogens with two attached hydrogens (primary N) is 1. The number of nitrogens with one attached hydrogen (secondary N) is 1. The van der Waals surface area contributed by atoms with Crippen LogP contribution in [0.5, 0.6) is 0 Å². The first-order chi connectivity index (χ1) is 7.72. The van der Waals surface area contributed by atoms with Crippen LogP contribution in [0.1, 0.15) is 51.9 Å². The van der Waals surface area contributed by atoms with Gasteiger partial charge in [-0.25, -0.2) is 0 Å². The van der Waals surface area contributed by atoms with Crippen LogP contribution < -0.4 is 11.1 Å². The smallest absolute Gasteiger partial charge is 0.139 e. The predicted molar refractivity (Wildman–Crippen MR) is 66.7 cm³/mol. The molecule has 0 amide bonds. The summed E-state index contributed by atoms with van der Waals surface area (Å²) in [5.74, 6) is 0.337. The number of nitrogens with zero attached hydrogens (tertiary/aromatic N) is 1. The molecule has 94 valence electrons. The van der Waals surface area contributed by atoms with Crippen molar-refractivity contribution >= 4 is 5.84 Å². The molecule has 0 atom stereocenters. The second kappa shape index (κ2) is 6.74. The van der Waals surface area contributed by atoms with Crippen LogP contribution in [0.3, 0.4) is 0 Å². The zero-order valence-corrected chi connectivity index (χ0v) is 10.3. The average molecular weight is 227 g/mol. The van der Waals surface area contributed by atoms with E-state index in [4.69, 9.17) is 10.9 Å². The molecule has 1 aliphatic carbocycles. The van der Waals surface area contributed by atoms with Crippen molar-refractivity contribution in [1.29, 1.82) is 0 Å². The molecule has 16 heavy (non-hydrogen) atoms. The van der Waals surface area contributed by atoms with Crippen molar-refractivity contribution in [3.63, 3.8) is 0 Å². The molecule has 0 saturated heterocycles. The van der Waals surface area contributed by atoms with Crippen molar-refractivity contribution in [3.05, 3.63) is 0 Å². The Bertz CT molecular complexity index is 219. The van der Waals surface area contributed by atoms with Gasteiger partial charge in [-0.15, -0.1) is 0 Å². The van der Waals surface area contributed by atoms with E-state index in [1.54, 1.807) is 0 Å². The molecular formula is C12H25N3O. The first kappa shape index (κ1) is 13.3. The van der Waals surface area contributed by atoms with Gasteiger partial charge in [-0.2, -0.15) is 0 Å². The second-order valence-corrected chi connectivity index (χ2v) is 4.93. The predicted octanol–water partition coefficient (Wildman–Crippen LogP) is 2.07. The molecule has 0 spiro atoms. The van der Waals surface area contributed by atoms with Crippen LogP contribution in [-0.4, -0.2) is 24.1 Å². The maximum atomic E-state index is 8.36. The third kappa shape index (κ3) is 4.00. The van der Waals surface area contributed by atoms with Crippen molar-refractivity contribution in [2.75, 3.05) is 13.1 Å². The lowest BCUT2D eigenvalue weighted by molar-refractivity contribution is 0.124. The van der Waals surface area contributed by atoms with Gasteiger partial charge in [-0.05, 0) is 44.1 Å². The van der Waals surface area contributed by atoms with Crippen molar-refractivity contribution < 1.29 is 5.21 Å². The molecule has 4 N–H and O–H groups in total. The van der Waals surface area contributed by atoms with E-state index >= 15 is 0 Å². The highest BCUT2D eigenvalue weighted by Crippen LogP contribution is 2.42. The van der Waals surface area contributed by atoms with E-state index in [0.717, 1.165) is 25.9 Å². The van der Waals surface area contributed by atoms with E-state index in [-0.39, 0.29) is 0 Å². The van der Waals surface area contributed by atoms with E-state index in [1.807, 2.05) is 0 Å². The minimum absolute atomic E-state index is 0.337. The summed E-state index contributed by atoms with van der Waals surface area (Å²) in [6.07, 6.45) is 8.25. The molecule has 4 heteroatoms. The Balaban J connectivity index is 1.95. The number of oxime groups is 1. The fourth-order valence-corrected chi connectivity index (χ4v) is 2.29. The zero-order chi connectivity index (χ0) is 11.9. The number of hydrogen-bond donors (Lipinski definition) is 3. The Labute approximate surface area is 98.3 Å². The molecule has 0 unspecified atom stereocenters. The summed E-state index contributed by atoms with van der Waals surface area (Å²) in [5, 5.41) is 14.8. The molecule has 0 aliphatic heterocycles. The summed E-state index contributed by atoms with van der Waals surface area (Å²) in [7, 11) is 0. The lowest BCUT2D eigenvalue weighted by Gasteiger charge is -2.41. The Morgan fingerprint density at radius 2 is 2.19 bits per heavy atom. The molecular weight excluding hydrogens is 202 g/mol. The zero-order valence-electron chi connectivity index (χ0n) is 10.3. The van der Waals surface area contributed by atoms with Crippen LogP contribution in [0.15, 0.2) is 5.16 Å². The van der Waals surface area contributed by atoms with E-state index < -0.39 is 0 Å². The molecule has 0 aromatic heterocycles. The molecule has 1 fully saturated rings. The van der Waals surface area contributed by atoms with Crippen LogP contribution in [-0.2, 0) is 0 Å². The summed E-state index contributed by atoms with van der Waals surface area (Å²) < 4.78 is 0. The largest absolute Gasteiger partial charge is 0.409 e. The number of rotatable bonds is 8. The molecule has 0 aromatic carbocycles. The molecule has 0 radical (unpaired) electrons. The van der Waals surface area contributed by atoms with Gasteiger partial charge < -0.3 is 16.3 Å². The Kier molecular flexibility index (Phi) is 5.60. The minimum atomic E-state index is 0.337. The monoisotopic (exact) mass is 227 g/mol. The summed E-state index contributed by atoms with van der Waals surface area (Å²) >= 11 is 0. The lowest BCUT2D eigenvalue weighted by Crippen LogP contribution is -2.39. The highest BCUT2D eigenvalue weighted by Gasteiger charge is 2.34. The van der Waals surface area contributed by atoms with Crippen LogP contribution in [0.25, 0.3) is 0 Å². The standard InChI is InChI=1S/C12H25N3O/c1-2-12(7-5-8-12)10-14-9-4-3-6-11(13)15-16/h14,16H,2-10H2,1H3,(H2,13,15). The highest BCUT2D eigenvalue weighted by atomic mass is 16.4. The quantitative estimate of drug-likeness (QED) is 0.195. The Morgan fingerprint density at radius 1 is 1.44 bits per heavy atom. The second-order valence-electron chi connectivity index (χ2n) is 4.93. The third-order valence-electron chi connectivity index (χ3n) is 3.83. The van der Waals surface area contributed by atoms with Crippen molar-refractivity contribution in [2.45, 2.75) is 51.9 Å². The maximum Gasteiger partial charge on any atom is 0.139 e. The van der Waals surface area contributed by atoms with Crippen LogP contribution >= 0.6 is 0 Å². The molecule has 0 heterocycles. The minimum Gasteiger partial charge on any atom is -0.409 e. The molecule has 4 nitrogen and oxygen atoms in total. The number of amidine groups is 1. The fraction of sp³-hybridized carbons (Fsp3) is 0.917. The first-order valence-corrected chi connectivity index (χ1v) is 6.39. The van der Waals surface area contributed by atoms with Gasteiger partial charge in [0, 0.05) is 13.0 Å². The lowest BCUT2D eigenvalue weighted by atomic mass is 9.67. The van der Waals surface area contributed by atoms with Crippen molar-refractivity contribution in [2.24, 2.45) is 16.3 Å². The summed E-state index contributed by atoms with van der Waals surface area (Å²) in [6.45, 7) is 4.49. The molecule has 1 rings (SSSR count). The Morgan fingerprint density at radius 3 is 2.69 bits per heavy atom. The van der Waals surface area contributed by atoms with E-state index in [0.29, 0.717) is 17.7 Å². The van der Waals surface area contributed by atoms with E-state index in [1.165, 1.54) is 25.7 Å². The van der Waals surface area contributed by atoms with Gasteiger partial charge in [0.25, 0.3) is 0 Å². The summed E-state index contributed by atoms with van der Waals surface area (Å²) in [6, 6.07) is 0. The van der Waals surface area contributed by atoms with Gasteiger partial charge in [0.05, 0.1) is 0 Å². The van der Waals surface area contributed by atoms with Gasteiger partial charge >= 0.3 is 0 Å². The molecule has 1 aliphatic rings.